The molecule has 144 valence electrons. The zero-order valence-corrected chi connectivity index (χ0v) is 17.3. The Morgan fingerprint density at radius 2 is 1.64 bits per heavy atom. The van der Waals surface area contributed by atoms with Gasteiger partial charge in [0.05, 0.1) is 31.8 Å². The van der Waals surface area contributed by atoms with Crippen LogP contribution < -0.4 is 5.32 Å². The molecule has 1 fully saturated rings. The molecule has 0 bridgehead atoms. The van der Waals surface area contributed by atoms with Gasteiger partial charge in [0.15, 0.2) is 14.2 Å². The van der Waals surface area contributed by atoms with Gasteiger partial charge in [-0.15, -0.1) is 0 Å². The number of ether oxygens (including phenoxy) is 2. The fourth-order valence-corrected chi connectivity index (χ4v) is 3.81. The van der Waals surface area contributed by atoms with E-state index in [2.05, 4.69) is 39.2 Å². The second-order valence-corrected chi connectivity index (χ2v) is 12.5. The van der Waals surface area contributed by atoms with Crippen LogP contribution in [-0.4, -0.2) is 51.5 Å². The Kier molecular flexibility index (Phi) is 7.19. The molecule has 1 N–H and O–H groups in total. The fraction of sp³-hybridized carbons (Fsp3) is 0.824. The minimum atomic E-state index is -2.19. The van der Waals surface area contributed by atoms with Crippen molar-refractivity contribution in [1.29, 1.82) is 0 Å². The van der Waals surface area contributed by atoms with Crippen molar-refractivity contribution >= 4 is 26.2 Å². The van der Waals surface area contributed by atoms with E-state index >= 15 is 0 Å². The Morgan fingerprint density at radius 3 is 2.04 bits per heavy atom. The van der Waals surface area contributed by atoms with Crippen LogP contribution in [0.25, 0.3) is 0 Å². The molecule has 0 aliphatic carbocycles. The molecule has 7 nitrogen and oxygen atoms in total. The van der Waals surface area contributed by atoms with E-state index in [1.165, 1.54) is 0 Å². The average molecular weight is 374 g/mol. The van der Waals surface area contributed by atoms with Crippen LogP contribution >= 0.6 is 0 Å². The Labute approximate surface area is 150 Å². The SMILES string of the molecule is CCOC(=O)C(C(=O)OCC)[C@@H]1NC(=O)C[C@@H]1O[Si](C)(C)C(C)(C)C. The summed E-state index contributed by atoms with van der Waals surface area (Å²) in [7, 11) is -2.19. The van der Waals surface area contributed by atoms with E-state index < -0.39 is 38.3 Å². The number of nitrogens with one attached hydrogen (secondary N) is 1. The number of rotatable bonds is 7. The summed E-state index contributed by atoms with van der Waals surface area (Å²) in [5.74, 6) is -2.86. The normalized spacial score (nSPS) is 21.2. The lowest BCUT2D eigenvalue weighted by Gasteiger charge is -2.40. The summed E-state index contributed by atoms with van der Waals surface area (Å²) in [6, 6.07) is -0.778. The second-order valence-electron chi connectivity index (χ2n) is 7.70. The molecule has 0 aromatic rings. The quantitative estimate of drug-likeness (QED) is 0.417. The highest BCUT2D eigenvalue weighted by atomic mass is 28.4. The molecule has 0 saturated carbocycles. The van der Waals surface area contributed by atoms with E-state index in [-0.39, 0.29) is 30.6 Å². The molecular formula is C17H31NO6Si. The number of hydrogen-bond donors (Lipinski definition) is 1. The molecule has 0 radical (unpaired) electrons. The number of esters is 2. The highest BCUT2D eigenvalue weighted by Gasteiger charge is 2.50. The summed E-state index contributed by atoms with van der Waals surface area (Å²) in [6.07, 6.45) is -0.445. The van der Waals surface area contributed by atoms with Crippen LogP contribution in [0, 0.1) is 5.92 Å². The Hall–Kier alpha value is -1.41. The molecule has 1 rings (SSSR count). The van der Waals surface area contributed by atoms with Gasteiger partial charge < -0.3 is 19.2 Å². The van der Waals surface area contributed by atoms with E-state index in [1.54, 1.807) is 13.8 Å². The highest BCUT2D eigenvalue weighted by molar-refractivity contribution is 6.74. The summed E-state index contributed by atoms with van der Waals surface area (Å²) in [4.78, 5) is 36.7. The maximum atomic E-state index is 12.3. The number of amides is 1. The summed E-state index contributed by atoms with van der Waals surface area (Å²) >= 11 is 0. The molecule has 25 heavy (non-hydrogen) atoms. The molecule has 0 unspecified atom stereocenters. The van der Waals surface area contributed by atoms with Crippen LogP contribution in [0.3, 0.4) is 0 Å². The molecule has 0 spiro atoms. The van der Waals surface area contributed by atoms with Gasteiger partial charge in [-0.3, -0.25) is 14.4 Å². The molecule has 1 aliphatic heterocycles. The van der Waals surface area contributed by atoms with Crippen molar-refractivity contribution in [2.24, 2.45) is 5.92 Å². The van der Waals surface area contributed by atoms with Gasteiger partial charge in [0.2, 0.25) is 5.91 Å². The maximum Gasteiger partial charge on any atom is 0.322 e. The van der Waals surface area contributed by atoms with Crippen molar-refractivity contribution in [2.75, 3.05) is 13.2 Å². The van der Waals surface area contributed by atoms with Crippen LogP contribution in [0.5, 0.6) is 0 Å². The topological polar surface area (TPSA) is 90.9 Å². The molecule has 0 aromatic carbocycles. The summed E-state index contributed by atoms with van der Waals surface area (Å²) in [5.41, 5.74) is 0. The zero-order valence-electron chi connectivity index (χ0n) is 16.3. The zero-order chi connectivity index (χ0) is 19.4. The standard InChI is InChI=1S/C17H31NO6Si/c1-8-22-15(20)13(16(21)23-9-2)14-11(10-12(19)18-14)24-25(6,7)17(3,4)5/h11,13-14H,8-10H2,1-7H3,(H,18,19)/t11-,14+/m0/s1. The molecule has 8 heteroatoms. The van der Waals surface area contributed by atoms with Gasteiger partial charge in [-0.25, -0.2) is 0 Å². The van der Waals surface area contributed by atoms with Crippen LogP contribution in [0.15, 0.2) is 0 Å². The van der Waals surface area contributed by atoms with Crippen LogP contribution in [0.1, 0.15) is 41.0 Å². The van der Waals surface area contributed by atoms with Crippen molar-refractivity contribution < 1.29 is 28.3 Å². The molecule has 2 atom stereocenters. The van der Waals surface area contributed by atoms with Gasteiger partial charge in [-0.2, -0.15) is 0 Å². The van der Waals surface area contributed by atoms with Gasteiger partial charge in [0.25, 0.3) is 0 Å². The first-order valence-corrected chi connectivity index (χ1v) is 11.7. The van der Waals surface area contributed by atoms with E-state index in [4.69, 9.17) is 13.9 Å². The van der Waals surface area contributed by atoms with Gasteiger partial charge >= 0.3 is 11.9 Å². The lowest BCUT2D eigenvalue weighted by molar-refractivity contribution is -0.164. The van der Waals surface area contributed by atoms with Crippen molar-refractivity contribution in [1.82, 2.24) is 5.32 Å². The van der Waals surface area contributed by atoms with Crippen molar-refractivity contribution in [3.05, 3.63) is 0 Å². The minimum Gasteiger partial charge on any atom is -0.465 e. The van der Waals surface area contributed by atoms with Crippen LogP contribution in [-0.2, 0) is 28.3 Å². The summed E-state index contributed by atoms with van der Waals surface area (Å²) in [6.45, 7) is 14.0. The van der Waals surface area contributed by atoms with Gasteiger partial charge in [0.1, 0.15) is 0 Å². The van der Waals surface area contributed by atoms with Crippen LogP contribution in [0.4, 0.5) is 0 Å². The highest BCUT2D eigenvalue weighted by Crippen LogP contribution is 2.39. The van der Waals surface area contributed by atoms with Crippen molar-refractivity contribution in [2.45, 2.75) is 71.3 Å². The lowest BCUT2D eigenvalue weighted by atomic mass is 9.96. The smallest absolute Gasteiger partial charge is 0.322 e. The van der Waals surface area contributed by atoms with Crippen molar-refractivity contribution in [3.63, 3.8) is 0 Å². The predicted molar refractivity (Wildman–Crippen MR) is 95.4 cm³/mol. The summed E-state index contributed by atoms with van der Waals surface area (Å²) < 4.78 is 16.4. The van der Waals surface area contributed by atoms with Crippen LogP contribution in [0.2, 0.25) is 18.1 Å². The first kappa shape index (κ1) is 21.6. The molecular weight excluding hydrogens is 342 g/mol. The van der Waals surface area contributed by atoms with Gasteiger partial charge in [0, 0.05) is 0 Å². The third-order valence-corrected chi connectivity index (χ3v) is 9.31. The first-order valence-electron chi connectivity index (χ1n) is 8.75. The number of hydrogen-bond acceptors (Lipinski definition) is 6. The van der Waals surface area contributed by atoms with E-state index in [1.807, 2.05) is 0 Å². The fourth-order valence-electron chi connectivity index (χ4n) is 2.47. The Bertz CT molecular complexity index is 496. The first-order chi connectivity index (χ1) is 11.4. The van der Waals surface area contributed by atoms with Gasteiger partial charge in [-0.05, 0) is 32.0 Å². The number of carbonyl (C=O) groups excluding carboxylic acids is 3. The molecule has 1 heterocycles. The van der Waals surface area contributed by atoms with Crippen molar-refractivity contribution in [3.8, 4) is 0 Å². The lowest BCUT2D eigenvalue weighted by Crippen LogP contribution is -2.52. The molecule has 0 aromatic heterocycles. The largest absolute Gasteiger partial charge is 0.465 e. The number of carbonyl (C=O) groups is 3. The third kappa shape index (κ3) is 5.28. The molecule has 1 saturated heterocycles. The van der Waals surface area contributed by atoms with Gasteiger partial charge in [-0.1, -0.05) is 20.8 Å². The molecule has 1 aliphatic rings. The summed E-state index contributed by atoms with van der Waals surface area (Å²) in [5, 5.41) is 2.65. The Balaban J connectivity index is 3.11. The second kappa shape index (κ2) is 8.31. The monoisotopic (exact) mass is 373 g/mol. The maximum absolute atomic E-state index is 12.3. The van der Waals surface area contributed by atoms with E-state index in [0.29, 0.717) is 0 Å². The van der Waals surface area contributed by atoms with E-state index in [0.717, 1.165) is 0 Å². The predicted octanol–water partition coefficient (Wildman–Crippen LogP) is 2.01. The Morgan fingerprint density at radius 1 is 1.16 bits per heavy atom. The molecule has 1 amide bonds. The average Bonchev–Trinajstić information content (AvgIpc) is 2.78. The van der Waals surface area contributed by atoms with E-state index in [9.17, 15) is 14.4 Å². The minimum absolute atomic E-state index is 0.0630. The third-order valence-electron chi connectivity index (χ3n) is 4.81.